The summed E-state index contributed by atoms with van der Waals surface area (Å²) in [5.74, 6) is 0.451. The van der Waals surface area contributed by atoms with Gasteiger partial charge in [0.25, 0.3) is 0 Å². The van der Waals surface area contributed by atoms with Crippen molar-refractivity contribution >= 4 is 11.6 Å². The lowest BCUT2D eigenvalue weighted by atomic mass is 9.91. The average molecular weight is 239 g/mol. The van der Waals surface area contributed by atoms with E-state index < -0.39 is 0 Å². The van der Waals surface area contributed by atoms with Crippen molar-refractivity contribution in [3.8, 4) is 0 Å². The first-order chi connectivity index (χ1) is 8.70. The molecule has 18 heavy (non-hydrogen) atoms. The second-order valence-electron chi connectivity index (χ2n) is 4.34. The Labute approximate surface area is 110 Å². The highest BCUT2D eigenvalue weighted by Gasteiger charge is 2.08. The minimum atomic E-state index is 0.451. The summed E-state index contributed by atoms with van der Waals surface area (Å²) in [5, 5.41) is 0. The summed E-state index contributed by atoms with van der Waals surface area (Å²) >= 11 is 0. The standard InChI is InChI=1S/C17H21N/c1-4-5-6-10-16(14(2)3)17-11-8-7-9-15(17)12-13-18/h4-14H,1,18H2,2-3H3/b6-5-,13-12-,16-10-. The molecule has 0 saturated carbocycles. The van der Waals surface area contributed by atoms with E-state index in [0.29, 0.717) is 5.92 Å². The van der Waals surface area contributed by atoms with Crippen LogP contribution in [0.3, 0.4) is 0 Å². The van der Waals surface area contributed by atoms with Gasteiger partial charge in [-0.3, -0.25) is 0 Å². The van der Waals surface area contributed by atoms with Crippen LogP contribution in [0.15, 0.2) is 61.3 Å². The van der Waals surface area contributed by atoms with Gasteiger partial charge in [-0.25, -0.2) is 0 Å². The van der Waals surface area contributed by atoms with Gasteiger partial charge in [-0.15, -0.1) is 0 Å². The fraction of sp³-hybridized carbons (Fsp3) is 0.176. The number of hydrogen-bond acceptors (Lipinski definition) is 1. The van der Waals surface area contributed by atoms with Gasteiger partial charge in [0.1, 0.15) is 0 Å². The van der Waals surface area contributed by atoms with Gasteiger partial charge in [0.2, 0.25) is 0 Å². The van der Waals surface area contributed by atoms with E-state index in [1.807, 2.05) is 24.3 Å². The van der Waals surface area contributed by atoms with Crippen molar-refractivity contribution < 1.29 is 0 Å². The molecule has 1 rings (SSSR count). The van der Waals surface area contributed by atoms with Crippen molar-refractivity contribution in [3.63, 3.8) is 0 Å². The summed E-state index contributed by atoms with van der Waals surface area (Å²) in [6, 6.07) is 8.28. The lowest BCUT2D eigenvalue weighted by molar-refractivity contribution is 0.855. The van der Waals surface area contributed by atoms with Gasteiger partial charge >= 0.3 is 0 Å². The van der Waals surface area contributed by atoms with Gasteiger partial charge in [-0.1, -0.05) is 69.0 Å². The molecule has 0 fully saturated rings. The van der Waals surface area contributed by atoms with E-state index in [2.05, 4.69) is 44.7 Å². The van der Waals surface area contributed by atoms with E-state index in [0.717, 1.165) is 5.56 Å². The highest BCUT2D eigenvalue weighted by atomic mass is 14.5. The molecule has 0 spiro atoms. The molecule has 1 aromatic carbocycles. The molecule has 0 atom stereocenters. The van der Waals surface area contributed by atoms with Crippen LogP contribution in [0.25, 0.3) is 11.6 Å². The molecule has 0 aromatic heterocycles. The van der Waals surface area contributed by atoms with Gasteiger partial charge in [0.05, 0.1) is 0 Å². The lowest BCUT2D eigenvalue weighted by Gasteiger charge is -2.14. The predicted molar refractivity (Wildman–Crippen MR) is 81.8 cm³/mol. The third-order valence-electron chi connectivity index (χ3n) is 2.69. The number of nitrogens with two attached hydrogens (primary N) is 1. The van der Waals surface area contributed by atoms with Gasteiger partial charge in [-0.2, -0.15) is 0 Å². The van der Waals surface area contributed by atoms with Crippen LogP contribution in [0, 0.1) is 5.92 Å². The Morgan fingerprint density at radius 3 is 2.56 bits per heavy atom. The number of hydrogen-bond donors (Lipinski definition) is 1. The molecule has 0 heterocycles. The van der Waals surface area contributed by atoms with E-state index in [1.54, 1.807) is 12.3 Å². The zero-order valence-electron chi connectivity index (χ0n) is 11.1. The maximum Gasteiger partial charge on any atom is -0.00561 e. The van der Waals surface area contributed by atoms with Crippen LogP contribution >= 0.6 is 0 Å². The van der Waals surface area contributed by atoms with Crippen molar-refractivity contribution in [2.24, 2.45) is 11.7 Å². The Morgan fingerprint density at radius 2 is 1.94 bits per heavy atom. The number of benzene rings is 1. The van der Waals surface area contributed by atoms with E-state index in [9.17, 15) is 0 Å². The molecule has 0 radical (unpaired) electrons. The summed E-state index contributed by atoms with van der Waals surface area (Å²) in [6.45, 7) is 8.06. The quantitative estimate of drug-likeness (QED) is 0.757. The molecule has 1 heteroatoms. The maximum absolute atomic E-state index is 5.50. The van der Waals surface area contributed by atoms with Crippen LogP contribution in [0.2, 0.25) is 0 Å². The van der Waals surface area contributed by atoms with Crippen molar-refractivity contribution in [2.45, 2.75) is 13.8 Å². The van der Waals surface area contributed by atoms with E-state index in [1.165, 1.54) is 11.1 Å². The van der Waals surface area contributed by atoms with Crippen molar-refractivity contribution in [2.75, 3.05) is 0 Å². The molecule has 94 valence electrons. The molecular formula is C17H21N. The summed E-state index contributed by atoms with van der Waals surface area (Å²) in [5.41, 5.74) is 9.16. The Balaban J connectivity index is 3.25. The van der Waals surface area contributed by atoms with Crippen molar-refractivity contribution in [1.82, 2.24) is 0 Å². The fourth-order valence-corrected chi connectivity index (χ4v) is 1.84. The topological polar surface area (TPSA) is 26.0 Å². The minimum Gasteiger partial charge on any atom is -0.405 e. The Hall–Kier alpha value is -2.02. The van der Waals surface area contributed by atoms with E-state index in [-0.39, 0.29) is 0 Å². The lowest BCUT2D eigenvalue weighted by Crippen LogP contribution is -1.96. The molecule has 0 aliphatic heterocycles. The number of rotatable bonds is 5. The second kappa shape index (κ2) is 7.33. The van der Waals surface area contributed by atoms with E-state index >= 15 is 0 Å². The van der Waals surface area contributed by atoms with Gasteiger partial charge in [-0.05, 0) is 34.9 Å². The predicted octanol–water partition coefficient (Wildman–Crippen LogP) is 4.40. The van der Waals surface area contributed by atoms with Crippen LogP contribution < -0.4 is 5.73 Å². The highest BCUT2D eigenvalue weighted by molar-refractivity contribution is 5.76. The maximum atomic E-state index is 5.50. The van der Waals surface area contributed by atoms with Crippen molar-refractivity contribution in [3.05, 3.63) is 72.5 Å². The number of allylic oxidation sites excluding steroid dienone is 5. The molecule has 1 aromatic rings. The van der Waals surface area contributed by atoms with Gasteiger partial charge < -0.3 is 5.73 Å². The third-order valence-corrected chi connectivity index (χ3v) is 2.69. The first-order valence-electron chi connectivity index (χ1n) is 6.17. The molecule has 0 amide bonds. The summed E-state index contributed by atoms with van der Waals surface area (Å²) in [6.07, 6.45) is 11.4. The fourth-order valence-electron chi connectivity index (χ4n) is 1.84. The zero-order valence-corrected chi connectivity index (χ0v) is 11.1. The van der Waals surface area contributed by atoms with Crippen LogP contribution in [0.4, 0.5) is 0 Å². The molecule has 0 aliphatic carbocycles. The van der Waals surface area contributed by atoms with Gasteiger partial charge in [0, 0.05) is 0 Å². The van der Waals surface area contributed by atoms with Crippen LogP contribution in [-0.2, 0) is 0 Å². The molecular weight excluding hydrogens is 218 g/mol. The molecule has 2 N–H and O–H groups in total. The summed E-state index contributed by atoms with van der Waals surface area (Å²) < 4.78 is 0. The van der Waals surface area contributed by atoms with Crippen LogP contribution in [0.1, 0.15) is 25.0 Å². The van der Waals surface area contributed by atoms with Crippen LogP contribution in [0.5, 0.6) is 0 Å². The Morgan fingerprint density at radius 1 is 1.22 bits per heavy atom. The van der Waals surface area contributed by atoms with E-state index in [4.69, 9.17) is 5.73 Å². The highest BCUT2D eigenvalue weighted by Crippen LogP contribution is 2.27. The molecule has 0 saturated heterocycles. The first-order valence-corrected chi connectivity index (χ1v) is 6.17. The molecule has 1 nitrogen and oxygen atoms in total. The Kier molecular flexibility index (Phi) is 5.72. The monoisotopic (exact) mass is 239 g/mol. The summed E-state index contributed by atoms with van der Waals surface area (Å²) in [4.78, 5) is 0. The van der Waals surface area contributed by atoms with Crippen LogP contribution in [-0.4, -0.2) is 0 Å². The largest absolute Gasteiger partial charge is 0.405 e. The zero-order chi connectivity index (χ0) is 13.4. The average Bonchev–Trinajstić information content (AvgIpc) is 2.36. The third kappa shape index (κ3) is 3.77. The minimum absolute atomic E-state index is 0.451. The Bertz CT molecular complexity index is 476. The molecule has 0 bridgehead atoms. The normalized spacial score (nSPS) is 12.7. The smallest absolute Gasteiger partial charge is 0.00561 e. The second-order valence-corrected chi connectivity index (χ2v) is 4.34. The molecule has 0 unspecified atom stereocenters. The molecule has 0 aliphatic rings. The first kappa shape index (κ1) is 14.0. The van der Waals surface area contributed by atoms with Crippen molar-refractivity contribution in [1.29, 1.82) is 0 Å². The summed E-state index contributed by atoms with van der Waals surface area (Å²) in [7, 11) is 0. The SMILES string of the molecule is C=C/C=C\C=C(/c1ccccc1/C=C\N)C(C)C. The van der Waals surface area contributed by atoms with Gasteiger partial charge in [0.15, 0.2) is 0 Å².